The first-order chi connectivity index (χ1) is 13.7. The number of ether oxygens (including phenoxy) is 1. The average Bonchev–Trinajstić information content (AvgIpc) is 3.41. The summed E-state index contributed by atoms with van der Waals surface area (Å²) in [5.74, 6) is 0.860. The summed E-state index contributed by atoms with van der Waals surface area (Å²) in [4.78, 5) is 19.9. The first-order valence-electron chi connectivity index (χ1n) is 10.3. The lowest BCUT2D eigenvalue weighted by molar-refractivity contribution is -0.134. The Labute approximate surface area is 165 Å². The number of oxime groups is 1. The summed E-state index contributed by atoms with van der Waals surface area (Å²) in [5, 5.41) is 17.1. The SMILES string of the molecule is O=C(CC1CC(c2ccc(CO)c(OC3CCCC3)c2)=NO1)N1CCNCC1. The van der Waals surface area contributed by atoms with Crippen LogP contribution in [0, 0.1) is 0 Å². The number of aliphatic hydroxyl groups is 1. The van der Waals surface area contributed by atoms with Crippen LogP contribution in [0.1, 0.15) is 49.7 Å². The molecule has 7 heteroatoms. The second kappa shape index (κ2) is 8.92. The van der Waals surface area contributed by atoms with Crippen LogP contribution in [-0.2, 0) is 16.2 Å². The van der Waals surface area contributed by atoms with E-state index in [1.54, 1.807) is 0 Å². The molecule has 1 amide bonds. The summed E-state index contributed by atoms with van der Waals surface area (Å²) in [6.45, 7) is 3.15. The van der Waals surface area contributed by atoms with Crippen LogP contribution in [-0.4, -0.2) is 60.0 Å². The molecule has 2 aliphatic heterocycles. The lowest BCUT2D eigenvalue weighted by Crippen LogP contribution is -2.47. The Kier molecular flexibility index (Phi) is 6.12. The molecule has 0 aromatic heterocycles. The maximum atomic E-state index is 12.4. The van der Waals surface area contributed by atoms with Crippen molar-refractivity contribution in [3.63, 3.8) is 0 Å². The van der Waals surface area contributed by atoms with E-state index in [9.17, 15) is 9.90 Å². The van der Waals surface area contributed by atoms with Gasteiger partial charge in [0.15, 0.2) is 0 Å². The van der Waals surface area contributed by atoms with Crippen molar-refractivity contribution in [3.8, 4) is 5.75 Å². The Bertz CT molecular complexity index is 724. The fraction of sp³-hybridized carbons (Fsp3) is 0.619. The number of carbonyl (C=O) groups is 1. The molecule has 1 aliphatic carbocycles. The molecule has 2 N–H and O–H groups in total. The molecule has 2 heterocycles. The Morgan fingerprint density at radius 1 is 1.29 bits per heavy atom. The summed E-state index contributed by atoms with van der Waals surface area (Å²) in [6.07, 6.45) is 5.50. The van der Waals surface area contributed by atoms with E-state index in [2.05, 4.69) is 10.5 Å². The van der Waals surface area contributed by atoms with Gasteiger partial charge in [-0.25, -0.2) is 0 Å². The second-order valence-corrected chi connectivity index (χ2v) is 7.81. The van der Waals surface area contributed by atoms with Gasteiger partial charge in [0.25, 0.3) is 0 Å². The van der Waals surface area contributed by atoms with Gasteiger partial charge in [0, 0.05) is 43.7 Å². The number of amides is 1. The zero-order valence-corrected chi connectivity index (χ0v) is 16.2. The van der Waals surface area contributed by atoms with Crippen LogP contribution in [0.25, 0.3) is 0 Å². The molecule has 1 aromatic rings. The van der Waals surface area contributed by atoms with Crippen LogP contribution in [0.4, 0.5) is 0 Å². The van der Waals surface area contributed by atoms with Crippen LogP contribution >= 0.6 is 0 Å². The molecule has 152 valence electrons. The van der Waals surface area contributed by atoms with Gasteiger partial charge in [-0.15, -0.1) is 0 Å². The third-order valence-electron chi connectivity index (χ3n) is 5.77. The molecule has 4 rings (SSSR count). The molecule has 7 nitrogen and oxygen atoms in total. The minimum absolute atomic E-state index is 0.0485. The van der Waals surface area contributed by atoms with E-state index in [1.807, 2.05) is 23.1 Å². The molecule has 1 saturated carbocycles. The lowest BCUT2D eigenvalue weighted by atomic mass is 10.0. The normalized spacial score (nSPS) is 22.8. The summed E-state index contributed by atoms with van der Waals surface area (Å²) >= 11 is 0. The molecule has 0 spiro atoms. The summed E-state index contributed by atoms with van der Waals surface area (Å²) in [5.41, 5.74) is 2.56. The predicted molar refractivity (Wildman–Crippen MR) is 105 cm³/mol. The van der Waals surface area contributed by atoms with Crippen LogP contribution in [0.15, 0.2) is 23.4 Å². The number of rotatable bonds is 6. The van der Waals surface area contributed by atoms with Gasteiger partial charge in [-0.2, -0.15) is 0 Å². The maximum absolute atomic E-state index is 12.4. The Balaban J connectivity index is 1.38. The molecule has 0 radical (unpaired) electrons. The number of nitrogens with one attached hydrogen (secondary N) is 1. The van der Waals surface area contributed by atoms with E-state index in [4.69, 9.17) is 9.57 Å². The van der Waals surface area contributed by atoms with Gasteiger partial charge < -0.3 is 24.9 Å². The number of aliphatic hydroxyl groups excluding tert-OH is 1. The largest absolute Gasteiger partial charge is 0.490 e. The van der Waals surface area contributed by atoms with Crippen LogP contribution < -0.4 is 10.1 Å². The van der Waals surface area contributed by atoms with Gasteiger partial charge in [0.1, 0.15) is 11.9 Å². The van der Waals surface area contributed by atoms with Crippen LogP contribution in [0.3, 0.4) is 0 Å². The van der Waals surface area contributed by atoms with Gasteiger partial charge in [0.05, 0.1) is 24.8 Å². The van der Waals surface area contributed by atoms with Gasteiger partial charge in [0.2, 0.25) is 5.91 Å². The Hall–Kier alpha value is -2.12. The topological polar surface area (TPSA) is 83.4 Å². The number of carbonyl (C=O) groups excluding carboxylic acids is 1. The molecule has 1 saturated heterocycles. The highest BCUT2D eigenvalue weighted by atomic mass is 16.6. The maximum Gasteiger partial charge on any atom is 0.226 e. The molecule has 0 bridgehead atoms. The highest BCUT2D eigenvalue weighted by Gasteiger charge is 2.28. The molecule has 28 heavy (non-hydrogen) atoms. The van der Waals surface area contributed by atoms with Crippen molar-refractivity contribution in [2.75, 3.05) is 26.2 Å². The Morgan fingerprint density at radius 2 is 2.07 bits per heavy atom. The monoisotopic (exact) mass is 387 g/mol. The van der Waals surface area contributed by atoms with E-state index < -0.39 is 0 Å². The van der Waals surface area contributed by atoms with Crippen LogP contribution in [0.2, 0.25) is 0 Å². The van der Waals surface area contributed by atoms with Crippen molar-refractivity contribution in [2.45, 2.75) is 57.3 Å². The minimum Gasteiger partial charge on any atom is -0.490 e. The minimum atomic E-state index is -0.214. The molecule has 1 aromatic carbocycles. The van der Waals surface area contributed by atoms with Gasteiger partial charge in [-0.3, -0.25) is 4.79 Å². The van der Waals surface area contributed by atoms with Crippen molar-refractivity contribution in [2.24, 2.45) is 5.16 Å². The smallest absolute Gasteiger partial charge is 0.226 e. The van der Waals surface area contributed by atoms with E-state index in [1.165, 1.54) is 12.8 Å². The van der Waals surface area contributed by atoms with Gasteiger partial charge >= 0.3 is 0 Å². The summed E-state index contributed by atoms with van der Waals surface area (Å²) in [7, 11) is 0. The van der Waals surface area contributed by atoms with Gasteiger partial charge in [-0.1, -0.05) is 17.3 Å². The number of piperazine rings is 1. The lowest BCUT2D eigenvalue weighted by Gasteiger charge is -2.28. The third-order valence-corrected chi connectivity index (χ3v) is 5.77. The standard InChI is InChI=1S/C21H29N3O4/c25-14-16-6-5-15(11-20(16)27-17-3-1-2-4-17)19-12-18(28-23-19)13-21(26)24-9-7-22-8-10-24/h5-6,11,17-18,22,25H,1-4,7-10,12-14H2. The first kappa shape index (κ1) is 19.2. The highest BCUT2D eigenvalue weighted by Crippen LogP contribution is 2.29. The van der Waals surface area contributed by atoms with E-state index in [0.717, 1.165) is 61.6 Å². The number of nitrogens with zero attached hydrogens (tertiary/aromatic N) is 2. The van der Waals surface area contributed by atoms with Crippen molar-refractivity contribution in [1.82, 2.24) is 10.2 Å². The zero-order chi connectivity index (χ0) is 19.3. The second-order valence-electron chi connectivity index (χ2n) is 7.81. The molecular formula is C21H29N3O4. The number of hydrogen-bond acceptors (Lipinski definition) is 6. The van der Waals surface area contributed by atoms with E-state index in [-0.39, 0.29) is 24.7 Å². The molecule has 1 atom stereocenters. The highest BCUT2D eigenvalue weighted by molar-refractivity contribution is 6.02. The first-order valence-corrected chi connectivity index (χ1v) is 10.3. The molecule has 3 aliphatic rings. The molecule has 1 unspecified atom stereocenters. The average molecular weight is 387 g/mol. The quantitative estimate of drug-likeness (QED) is 0.778. The summed E-state index contributed by atoms with van der Waals surface area (Å²) in [6, 6.07) is 5.78. The molecule has 2 fully saturated rings. The predicted octanol–water partition coefficient (Wildman–Crippen LogP) is 1.82. The third kappa shape index (κ3) is 4.47. The number of hydrogen-bond donors (Lipinski definition) is 2. The summed E-state index contributed by atoms with van der Waals surface area (Å²) < 4.78 is 6.15. The Morgan fingerprint density at radius 3 is 2.82 bits per heavy atom. The fourth-order valence-corrected chi connectivity index (χ4v) is 4.11. The van der Waals surface area contributed by atoms with Crippen molar-refractivity contribution in [1.29, 1.82) is 0 Å². The van der Waals surface area contributed by atoms with E-state index >= 15 is 0 Å². The van der Waals surface area contributed by atoms with Crippen molar-refractivity contribution in [3.05, 3.63) is 29.3 Å². The van der Waals surface area contributed by atoms with Crippen LogP contribution in [0.5, 0.6) is 5.75 Å². The van der Waals surface area contributed by atoms with E-state index in [0.29, 0.717) is 12.8 Å². The zero-order valence-electron chi connectivity index (χ0n) is 16.2. The van der Waals surface area contributed by atoms with Crippen molar-refractivity contribution < 1.29 is 19.5 Å². The van der Waals surface area contributed by atoms with Crippen molar-refractivity contribution >= 4 is 11.6 Å². The number of benzene rings is 1. The molecular weight excluding hydrogens is 358 g/mol. The fourth-order valence-electron chi connectivity index (χ4n) is 4.11. The van der Waals surface area contributed by atoms with Gasteiger partial charge in [-0.05, 0) is 31.7 Å².